The second-order valence-corrected chi connectivity index (χ2v) is 3.49. The topological polar surface area (TPSA) is 59.4 Å². The predicted octanol–water partition coefficient (Wildman–Crippen LogP) is 1.24. The van der Waals surface area contributed by atoms with Crippen molar-refractivity contribution in [3.05, 3.63) is 30.1 Å². The average molecular weight is 209 g/mol. The summed E-state index contributed by atoms with van der Waals surface area (Å²) >= 11 is 0. The highest BCUT2D eigenvalue weighted by Crippen LogP contribution is 2.23. The van der Waals surface area contributed by atoms with E-state index in [4.69, 9.17) is 4.74 Å². The molecule has 0 fully saturated rings. The van der Waals surface area contributed by atoms with Crippen LogP contribution in [-0.2, 0) is 15.1 Å². The predicted molar refractivity (Wildman–Crippen MR) is 55.1 cm³/mol. The number of rotatable bonds is 4. The van der Waals surface area contributed by atoms with Crippen LogP contribution in [0.15, 0.2) is 24.5 Å². The maximum absolute atomic E-state index is 11.2. The summed E-state index contributed by atoms with van der Waals surface area (Å²) in [7, 11) is 0. The van der Waals surface area contributed by atoms with Crippen LogP contribution < -0.4 is 0 Å². The number of hydrogen-bond acceptors (Lipinski definition) is 4. The minimum Gasteiger partial charge on any atom is -0.466 e. The van der Waals surface area contributed by atoms with Crippen molar-refractivity contribution >= 4 is 5.97 Å². The average Bonchev–Trinajstić information content (AvgIpc) is 2.18. The first kappa shape index (κ1) is 11.7. The van der Waals surface area contributed by atoms with Crippen LogP contribution in [0.4, 0.5) is 0 Å². The zero-order chi connectivity index (χ0) is 11.3. The van der Waals surface area contributed by atoms with E-state index in [-0.39, 0.29) is 6.42 Å². The Hall–Kier alpha value is -1.42. The van der Waals surface area contributed by atoms with E-state index in [0.717, 1.165) is 0 Å². The van der Waals surface area contributed by atoms with Crippen molar-refractivity contribution in [2.24, 2.45) is 0 Å². The van der Waals surface area contributed by atoms with Crippen LogP contribution in [-0.4, -0.2) is 22.7 Å². The van der Waals surface area contributed by atoms with Gasteiger partial charge in [-0.25, -0.2) is 0 Å². The fraction of sp³-hybridized carbons (Fsp3) is 0.455. The summed E-state index contributed by atoms with van der Waals surface area (Å²) in [6, 6.07) is 3.36. The Morgan fingerprint density at radius 3 is 2.67 bits per heavy atom. The number of aromatic nitrogens is 1. The van der Waals surface area contributed by atoms with E-state index in [0.29, 0.717) is 12.2 Å². The van der Waals surface area contributed by atoms with Gasteiger partial charge in [-0.05, 0) is 31.5 Å². The fourth-order valence-electron chi connectivity index (χ4n) is 1.31. The van der Waals surface area contributed by atoms with Crippen molar-refractivity contribution in [1.29, 1.82) is 0 Å². The van der Waals surface area contributed by atoms with Gasteiger partial charge >= 0.3 is 5.97 Å². The van der Waals surface area contributed by atoms with Crippen molar-refractivity contribution < 1.29 is 14.6 Å². The zero-order valence-electron chi connectivity index (χ0n) is 8.93. The maximum Gasteiger partial charge on any atom is 0.309 e. The minimum atomic E-state index is -1.20. The summed E-state index contributed by atoms with van der Waals surface area (Å²) in [5.41, 5.74) is -0.541. The quantitative estimate of drug-likeness (QED) is 0.758. The van der Waals surface area contributed by atoms with E-state index >= 15 is 0 Å². The van der Waals surface area contributed by atoms with Crippen LogP contribution in [0.2, 0.25) is 0 Å². The number of ether oxygens (including phenoxy) is 1. The van der Waals surface area contributed by atoms with E-state index in [1.165, 1.54) is 0 Å². The van der Waals surface area contributed by atoms with Gasteiger partial charge in [0.2, 0.25) is 0 Å². The molecule has 0 aliphatic heterocycles. The van der Waals surface area contributed by atoms with Crippen molar-refractivity contribution in [2.75, 3.05) is 6.61 Å². The molecule has 4 heteroatoms. The molecule has 1 N–H and O–H groups in total. The van der Waals surface area contributed by atoms with E-state index in [1.54, 1.807) is 38.4 Å². The number of hydrogen-bond donors (Lipinski definition) is 1. The molecule has 0 aliphatic rings. The summed E-state index contributed by atoms with van der Waals surface area (Å²) in [4.78, 5) is 15.1. The van der Waals surface area contributed by atoms with Crippen LogP contribution in [0.5, 0.6) is 0 Å². The Morgan fingerprint density at radius 2 is 2.13 bits per heavy atom. The molecule has 0 aromatic carbocycles. The summed E-state index contributed by atoms with van der Waals surface area (Å²) in [6.45, 7) is 3.64. The summed E-state index contributed by atoms with van der Waals surface area (Å²) < 4.78 is 4.78. The van der Waals surface area contributed by atoms with Crippen LogP contribution in [0.3, 0.4) is 0 Å². The van der Waals surface area contributed by atoms with Gasteiger partial charge in [-0.2, -0.15) is 0 Å². The Balaban J connectivity index is 2.71. The van der Waals surface area contributed by atoms with E-state index in [9.17, 15) is 9.90 Å². The third kappa shape index (κ3) is 3.32. The highest BCUT2D eigenvalue weighted by atomic mass is 16.5. The molecule has 1 unspecified atom stereocenters. The first-order chi connectivity index (χ1) is 7.06. The molecule has 0 bridgehead atoms. The van der Waals surface area contributed by atoms with Gasteiger partial charge in [0, 0.05) is 12.4 Å². The third-order valence-electron chi connectivity index (χ3n) is 2.10. The Labute approximate surface area is 88.9 Å². The molecule has 0 aliphatic carbocycles. The smallest absolute Gasteiger partial charge is 0.309 e. The third-order valence-corrected chi connectivity index (χ3v) is 2.10. The minimum absolute atomic E-state index is 0.0507. The molecule has 0 saturated heterocycles. The number of aliphatic hydroxyl groups is 1. The summed E-state index contributed by atoms with van der Waals surface area (Å²) in [5, 5.41) is 10.1. The monoisotopic (exact) mass is 209 g/mol. The molecule has 1 aromatic heterocycles. The lowest BCUT2D eigenvalue weighted by molar-refractivity contribution is -0.148. The molecule has 0 spiro atoms. The first-order valence-corrected chi connectivity index (χ1v) is 4.85. The van der Waals surface area contributed by atoms with Gasteiger partial charge in [0.05, 0.1) is 18.6 Å². The first-order valence-electron chi connectivity index (χ1n) is 4.85. The lowest BCUT2D eigenvalue weighted by atomic mass is 9.94. The maximum atomic E-state index is 11.2. The highest BCUT2D eigenvalue weighted by molar-refractivity contribution is 5.70. The van der Waals surface area contributed by atoms with Crippen molar-refractivity contribution in [3.8, 4) is 0 Å². The van der Waals surface area contributed by atoms with Gasteiger partial charge in [0.15, 0.2) is 0 Å². The molecule has 1 aromatic rings. The molecule has 1 rings (SSSR count). The fourth-order valence-corrected chi connectivity index (χ4v) is 1.31. The lowest BCUT2D eigenvalue weighted by Crippen LogP contribution is -2.26. The normalized spacial score (nSPS) is 14.3. The molecule has 82 valence electrons. The number of esters is 1. The second kappa shape index (κ2) is 4.89. The molecule has 0 saturated carbocycles. The Kier molecular flexibility index (Phi) is 3.80. The zero-order valence-corrected chi connectivity index (χ0v) is 8.93. The molecule has 4 nitrogen and oxygen atoms in total. The van der Waals surface area contributed by atoms with Crippen LogP contribution in [0, 0.1) is 0 Å². The van der Waals surface area contributed by atoms with Crippen molar-refractivity contribution in [1.82, 2.24) is 4.98 Å². The molecule has 0 amide bonds. The molecule has 1 atom stereocenters. The van der Waals surface area contributed by atoms with Gasteiger partial charge in [-0.15, -0.1) is 0 Å². The SMILES string of the molecule is CCOC(=O)CC(C)(O)c1ccncc1. The molecule has 0 radical (unpaired) electrons. The molecule has 15 heavy (non-hydrogen) atoms. The summed E-state index contributed by atoms with van der Waals surface area (Å²) in [5.74, 6) is -0.403. The van der Waals surface area contributed by atoms with E-state index in [1.807, 2.05) is 0 Å². The van der Waals surface area contributed by atoms with E-state index in [2.05, 4.69) is 4.98 Å². The van der Waals surface area contributed by atoms with Gasteiger partial charge in [0.25, 0.3) is 0 Å². The highest BCUT2D eigenvalue weighted by Gasteiger charge is 2.27. The van der Waals surface area contributed by atoms with Crippen LogP contribution in [0.25, 0.3) is 0 Å². The van der Waals surface area contributed by atoms with Gasteiger partial charge in [0.1, 0.15) is 0 Å². The lowest BCUT2D eigenvalue weighted by Gasteiger charge is -2.22. The molecular formula is C11H15NO3. The van der Waals surface area contributed by atoms with Crippen molar-refractivity contribution in [3.63, 3.8) is 0 Å². The number of nitrogens with zero attached hydrogens (tertiary/aromatic N) is 1. The van der Waals surface area contributed by atoms with Crippen LogP contribution in [0.1, 0.15) is 25.8 Å². The standard InChI is InChI=1S/C11H15NO3/c1-3-15-10(13)8-11(2,14)9-4-6-12-7-5-9/h4-7,14H,3,8H2,1-2H3. The van der Waals surface area contributed by atoms with Gasteiger partial charge in [-0.3, -0.25) is 9.78 Å². The van der Waals surface area contributed by atoms with Gasteiger partial charge in [-0.1, -0.05) is 0 Å². The number of carbonyl (C=O) groups excluding carboxylic acids is 1. The van der Waals surface area contributed by atoms with Crippen LogP contribution >= 0.6 is 0 Å². The number of carbonyl (C=O) groups is 1. The number of pyridine rings is 1. The molecule has 1 heterocycles. The summed E-state index contributed by atoms with van der Waals surface area (Å²) in [6.07, 6.45) is 3.11. The Morgan fingerprint density at radius 1 is 1.53 bits per heavy atom. The second-order valence-electron chi connectivity index (χ2n) is 3.49. The van der Waals surface area contributed by atoms with E-state index < -0.39 is 11.6 Å². The Bertz CT molecular complexity index is 322. The molecular weight excluding hydrogens is 194 g/mol. The van der Waals surface area contributed by atoms with Gasteiger partial charge < -0.3 is 9.84 Å². The largest absolute Gasteiger partial charge is 0.466 e. The van der Waals surface area contributed by atoms with Crippen molar-refractivity contribution in [2.45, 2.75) is 25.9 Å².